The third-order valence-electron chi connectivity index (χ3n) is 2.98. The zero-order chi connectivity index (χ0) is 15.2. The van der Waals surface area contributed by atoms with Gasteiger partial charge in [0.15, 0.2) is 0 Å². The molecule has 0 saturated heterocycles. The molecule has 1 atom stereocenters. The lowest BCUT2D eigenvalue weighted by Gasteiger charge is -2.17. The minimum atomic E-state index is -0.326. The SMILES string of the molecule is CCC(Nc1cnn(CCOC)c(=O)c1Cl)c1nccs1. The zero-order valence-corrected chi connectivity index (χ0v) is 13.4. The Bertz CT molecular complexity index is 630. The van der Waals surface area contributed by atoms with E-state index in [0.29, 0.717) is 18.8 Å². The van der Waals surface area contributed by atoms with E-state index in [1.165, 1.54) is 4.68 Å². The van der Waals surface area contributed by atoms with E-state index >= 15 is 0 Å². The second-order valence-corrected chi connectivity index (χ2v) is 5.67. The van der Waals surface area contributed by atoms with E-state index in [9.17, 15) is 4.79 Å². The molecule has 0 amide bonds. The Kier molecular flexibility index (Phi) is 5.72. The molecule has 0 aliphatic rings. The molecule has 0 aliphatic carbocycles. The van der Waals surface area contributed by atoms with Crippen LogP contribution in [0.25, 0.3) is 0 Å². The third kappa shape index (κ3) is 3.81. The van der Waals surface area contributed by atoms with Gasteiger partial charge in [0.2, 0.25) is 0 Å². The molecule has 6 nitrogen and oxygen atoms in total. The Balaban J connectivity index is 2.20. The summed E-state index contributed by atoms with van der Waals surface area (Å²) in [7, 11) is 1.57. The van der Waals surface area contributed by atoms with Crippen molar-refractivity contribution >= 4 is 28.6 Å². The number of ether oxygens (including phenoxy) is 1. The molecule has 21 heavy (non-hydrogen) atoms. The first-order valence-electron chi connectivity index (χ1n) is 6.57. The second-order valence-electron chi connectivity index (χ2n) is 4.37. The molecule has 2 heterocycles. The van der Waals surface area contributed by atoms with Gasteiger partial charge >= 0.3 is 0 Å². The van der Waals surface area contributed by atoms with E-state index in [1.807, 2.05) is 12.3 Å². The molecule has 2 rings (SSSR count). The average Bonchev–Trinajstić information content (AvgIpc) is 3.02. The summed E-state index contributed by atoms with van der Waals surface area (Å²) < 4.78 is 6.23. The molecule has 0 bridgehead atoms. The number of anilines is 1. The van der Waals surface area contributed by atoms with E-state index < -0.39 is 0 Å². The van der Waals surface area contributed by atoms with Crippen molar-refractivity contribution in [2.45, 2.75) is 25.9 Å². The summed E-state index contributed by atoms with van der Waals surface area (Å²) in [5, 5.41) is 10.3. The Labute approximate surface area is 131 Å². The highest BCUT2D eigenvalue weighted by Crippen LogP contribution is 2.26. The molecule has 0 aliphatic heterocycles. The van der Waals surface area contributed by atoms with Gasteiger partial charge in [0, 0.05) is 18.7 Å². The van der Waals surface area contributed by atoms with Gasteiger partial charge in [-0.3, -0.25) is 4.79 Å². The van der Waals surface area contributed by atoms with Crippen molar-refractivity contribution < 1.29 is 4.74 Å². The fourth-order valence-electron chi connectivity index (χ4n) is 1.84. The predicted octanol–water partition coefficient (Wildman–Crippen LogP) is 2.56. The molecule has 0 saturated carbocycles. The summed E-state index contributed by atoms with van der Waals surface area (Å²) in [6.07, 6.45) is 4.15. The van der Waals surface area contributed by atoms with Crippen LogP contribution < -0.4 is 10.9 Å². The van der Waals surface area contributed by atoms with Crippen molar-refractivity contribution in [3.8, 4) is 0 Å². The molecule has 2 aromatic heterocycles. The maximum atomic E-state index is 12.1. The van der Waals surface area contributed by atoms with Crippen LogP contribution in [-0.2, 0) is 11.3 Å². The van der Waals surface area contributed by atoms with Crippen LogP contribution in [-0.4, -0.2) is 28.5 Å². The third-order valence-corrected chi connectivity index (χ3v) is 4.23. The maximum Gasteiger partial charge on any atom is 0.287 e. The standard InChI is InChI=1S/C13H17ClN4O2S/c1-3-9(12-15-4-7-21-12)17-10-8-16-18(5-6-20-2)13(19)11(10)14/h4,7-9,17H,3,5-6H2,1-2H3. The summed E-state index contributed by atoms with van der Waals surface area (Å²) in [6, 6.07) is 0.0125. The minimum absolute atomic E-state index is 0.0125. The lowest BCUT2D eigenvalue weighted by atomic mass is 10.2. The van der Waals surface area contributed by atoms with Crippen LogP contribution in [0.1, 0.15) is 24.4 Å². The smallest absolute Gasteiger partial charge is 0.287 e. The largest absolute Gasteiger partial charge is 0.383 e. The number of thiazole rings is 1. The summed E-state index contributed by atoms with van der Waals surface area (Å²) in [5.41, 5.74) is 0.199. The van der Waals surface area contributed by atoms with Crippen LogP contribution in [0.2, 0.25) is 5.02 Å². The normalized spacial score (nSPS) is 12.3. The first kappa shape index (κ1) is 15.9. The number of methoxy groups -OCH3 is 1. The van der Waals surface area contributed by atoms with Crippen molar-refractivity contribution in [1.29, 1.82) is 0 Å². The molecule has 114 valence electrons. The molecule has 0 radical (unpaired) electrons. The summed E-state index contributed by atoms with van der Waals surface area (Å²) in [6.45, 7) is 2.83. The average molecular weight is 329 g/mol. The Morgan fingerprint density at radius 3 is 3.00 bits per heavy atom. The summed E-state index contributed by atoms with van der Waals surface area (Å²) in [4.78, 5) is 16.4. The molecule has 0 fully saturated rings. The molecule has 1 N–H and O–H groups in total. The van der Waals surface area contributed by atoms with Crippen LogP contribution in [0.5, 0.6) is 0 Å². The van der Waals surface area contributed by atoms with E-state index in [2.05, 4.69) is 15.4 Å². The highest BCUT2D eigenvalue weighted by molar-refractivity contribution is 7.09. The quantitative estimate of drug-likeness (QED) is 0.846. The fraction of sp³-hybridized carbons (Fsp3) is 0.462. The molecule has 1 unspecified atom stereocenters. The monoisotopic (exact) mass is 328 g/mol. The first-order valence-corrected chi connectivity index (χ1v) is 7.83. The highest BCUT2D eigenvalue weighted by atomic mass is 35.5. The van der Waals surface area contributed by atoms with Gasteiger partial charge in [-0.15, -0.1) is 11.3 Å². The zero-order valence-electron chi connectivity index (χ0n) is 11.9. The number of halogens is 1. The van der Waals surface area contributed by atoms with Crippen molar-refractivity contribution in [3.05, 3.63) is 38.2 Å². The van der Waals surface area contributed by atoms with Crippen LogP contribution in [0.15, 0.2) is 22.6 Å². The number of hydrogen-bond acceptors (Lipinski definition) is 6. The van der Waals surface area contributed by atoms with Crippen LogP contribution in [0.3, 0.4) is 0 Å². The Hall–Kier alpha value is -1.44. The number of nitrogens with zero attached hydrogens (tertiary/aromatic N) is 3. The lowest BCUT2D eigenvalue weighted by molar-refractivity contribution is 0.182. The first-order chi connectivity index (χ1) is 10.2. The van der Waals surface area contributed by atoms with E-state index in [1.54, 1.807) is 30.8 Å². The van der Waals surface area contributed by atoms with Gasteiger partial charge in [-0.2, -0.15) is 5.10 Å². The van der Waals surface area contributed by atoms with Gasteiger partial charge in [-0.25, -0.2) is 9.67 Å². The molecule has 8 heteroatoms. The van der Waals surface area contributed by atoms with E-state index in [4.69, 9.17) is 16.3 Å². The van der Waals surface area contributed by atoms with Gasteiger partial charge in [-0.1, -0.05) is 18.5 Å². The minimum Gasteiger partial charge on any atom is -0.383 e. The second kappa shape index (κ2) is 7.53. The molecular weight excluding hydrogens is 312 g/mol. The van der Waals surface area contributed by atoms with Crippen LogP contribution >= 0.6 is 22.9 Å². The van der Waals surface area contributed by atoms with Crippen LogP contribution in [0, 0.1) is 0 Å². The van der Waals surface area contributed by atoms with Crippen LogP contribution in [0.4, 0.5) is 5.69 Å². The van der Waals surface area contributed by atoms with Crippen molar-refractivity contribution in [3.63, 3.8) is 0 Å². The van der Waals surface area contributed by atoms with Crippen molar-refractivity contribution in [1.82, 2.24) is 14.8 Å². The number of rotatable bonds is 7. The Morgan fingerprint density at radius 1 is 1.57 bits per heavy atom. The molecule has 0 spiro atoms. The highest BCUT2D eigenvalue weighted by Gasteiger charge is 2.16. The maximum absolute atomic E-state index is 12.1. The van der Waals surface area contributed by atoms with Gasteiger partial charge in [0.25, 0.3) is 5.56 Å². The van der Waals surface area contributed by atoms with Crippen molar-refractivity contribution in [2.75, 3.05) is 19.0 Å². The van der Waals surface area contributed by atoms with Gasteiger partial charge < -0.3 is 10.1 Å². The Morgan fingerprint density at radius 2 is 2.38 bits per heavy atom. The van der Waals surface area contributed by atoms with Gasteiger partial charge in [0.1, 0.15) is 10.0 Å². The number of aromatic nitrogens is 3. The fourth-order valence-corrected chi connectivity index (χ4v) is 2.81. The van der Waals surface area contributed by atoms with Gasteiger partial charge in [0.05, 0.1) is 31.1 Å². The summed E-state index contributed by atoms with van der Waals surface area (Å²) in [5.74, 6) is 0. The van der Waals surface area contributed by atoms with E-state index in [-0.39, 0.29) is 16.6 Å². The number of hydrogen-bond donors (Lipinski definition) is 1. The molecule has 0 aromatic carbocycles. The topological polar surface area (TPSA) is 69.0 Å². The van der Waals surface area contributed by atoms with Crippen molar-refractivity contribution in [2.24, 2.45) is 0 Å². The number of nitrogens with one attached hydrogen (secondary N) is 1. The van der Waals surface area contributed by atoms with E-state index in [0.717, 1.165) is 11.4 Å². The molecule has 2 aromatic rings. The lowest BCUT2D eigenvalue weighted by Crippen LogP contribution is -2.26. The molecular formula is C13H17ClN4O2S. The predicted molar refractivity (Wildman–Crippen MR) is 84.2 cm³/mol. The summed E-state index contributed by atoms with van der Waals surface area (Å²) >= 11 is 7.71. The van der Waals surface area contributed by atoms with Gasteiger partial charge in [-0.05, 0) is 6.42 Å².